The number of nitro groups is 1. The van der Waals surface area contributed by atoms with E-state index in [9.17, 15) is 29.3 Å². The molecule has 0 N–H and O–H groups in total. The number of fused-ring (bicyclic) bond motifs is 1. The predicted molar refractivity (Wildman–Crippen MR) is 180 cm³/mol. The SMILES string of the molecule is Cc1cc(Br)cc2c(C(=O)OCC(=O)c3ccc(Cl)c([N+](=O)[O-])c3)cc(-c3ccc(N4C(=O)C5C6C=CC(C7CC67)C5C4=O)cc3)nc12. The Kier molecular flexibility index (Phi) is 7.12. The van der Waals surface area contributed by atoms with Gasteiger partial charge in [-0.2, -0.15) is 0 Å². The number of rotatable bonds is 7. The van der Waals surface area contributed by atoms with E-state index < -0.39 is 29.0 Å². The molecule has 12 heteroatoms. The number of halogens is 2. The van der Waals surface area contributed by atoms with E-state index in [1.807, 2.05) is 13.0 Å². The van der Waals surface area contributed by atoms with Crippen molar-refractivity contribution in [2.24, 2.45) is 35.5 Å². The second kappa shape index (κ2) is 11.2. The highest BCUT2D eigenvalue weighted by Gasteiger charge is 2.67. The molecule has 2 saturated carbocycles. The van der Waals surface area contributed by atoms with Crippen LogP contribution in [0.15, 0.2) is 77.3 Å². The summed E-state index contributed by atoms with van der Waals surface area (Å²) in [5.41, 5.74) is 2.62. The van der Waals surface area contributed by atoms with Gasteiger partial charge in [0.25, 0.3) is 5.69 Å². The Hall–Kier alpha value is -4.74. The Morgan fingerprint density at radius 1 is 1.00 bits per heavy atom. The number of imide groups is 1. The van der Waals surface area contributed by atoms with Crippen LogP contribution in [0.25, 0.3) is 22.2 Å². The number of ether oxygens (including phenoxy) is 1. The number of nitrogens with zero attached hydrogens (tertiary/aromatic N) is 3. The Morgan fingerprint density at radius 3 is 2.31 bits per heavy atom. The lowest BCUT2D eigenvalue weighted by Gasteiger charge is -2.37. The van der Waals surface area contributed by atoms with Crippen LogP contribution in [0.3, 0.4) is 0 Å². The van der Waals surface area contributed by atoms with Crippen molar-refractivity contribution in [2.75, 3.05) is 11.5 Å². The first kappa shape index (κ1) is 30.6. The van der Waals surface area contributed by atoms with Crippen molar-refractivity contribution in [1.82, 2.24) is 4.98 Å². The number of nitro benzene ring substituents is 1. The fraction of sp³-hybridized carbons (Fsp3) is 0.250. The van der Waals surface area contributed by atoms with Crippen LogP contribution in [-0.4, -0.2) is 40.1 Å². The summed E-state index contributed by atoms with van der Waals surface area (Å²) in [5.74, 6) is -0.995. The minimum Gasteiger partial charge on any atom is -0.454 e. The summed E-state index contributed by atoms with van der Waals surface area (Å²) in [7, 11) is 0. The number of pyridine rings is 1. The third-order valence-corrected chi connectivity index (χ3v) is 10.9. The minimum atomic E-state index is -0.785. The molecule has 9 rings (SSSR count). The molecule has 6 atom stereocenters. The Morgan fingerprint density at radius 2 is 1.67 bits per heavy atom. The maximum atomic E-state index is 13.6. The van der Waals surface area contributed by atoms with Crippen molar-refractivity contribution < 1.29 is 28.8 Å². The molecule has 4 aliphatic carbocycles. The fourth-order valence-corrected chi connectivity index (χ4v) is 8.64. The smallest absolute Gasteiger partial charge is 0.339 e. The molecule has 2 amide bonds. The zero-order chi connectivity index (χ0) is 33.6. The van der Waals surface area contributed by atoms with Gasteiger partial charge in [0.05, 0.1) is 39.2 Å². The number of allylic oxidation sites excluding steroid dienone is 2. The number of carbonyl (C=O) groups is 4. The summed E-state index contributed by atoms with van der Waals surface area (Å²) in [6.07, 6.45) is 5.39. The topological polar surface area (TPSA) is 137 Å². The molecule has 4 aromatic rings. The van der Waals surface area contributed by atoms with Crippen molar-refractivity contribution in [3.63, 3.8) is 0 Å². The summed E-state index contributed by atoms with van der Waals surface area (Å²) in [6, 6.07) is 15.8. The third-order valence-electron chi connectivity index (χ3n) is 10.2. The predicted octanol–water partition coefficient (Wildman–Crippen LogP) is 7.13. The molecular weight excluding hydrogens is 702 g/mol. The average Bonchev–Trinajstić information content (AvgIpc) is 3.85. The van der Waals surface area contributed by atoms with Crippen LogP contribution >= 0.6 is 27.5 Å². The quantitative estimate of drug-likeness (QED) is 0.0490. The number of benzene rings is 3. The number of aromatic nitrogens is 1. The van der Waals surface area contributed by atoms with Gasteiger partial charge in [0.1, 0.15) is 5.02 Å². The normalized spacial score (nSPS) is 24.9. The van der Waals surface area contributed by atoms with Gasteiger partial charge < -0.3 is 4.74 Å². The van der Waals surface area contributed by atoms with Gasteiger partial charge in [-0.05, 0) is 85.0 Å². The summed E-state index contributed by atoms with van der Waals surface area (Å²) in [4.78, 5) is 70.3. The first-order valence-corrected chi connectivity index (χ1v) is 16.6. The molecule has 48 heavy (non-hydrogen) atoms. The van der Waals surface area contributed by atoms with E-state index in [0.717, 1.165) is 18.1 Å². The van der Waals surface area contributed by atoms with E-state index in [2.05, 4.69) is 28.1 Å². The fourth-order valence-electron chi connectivity index (χ4n) is 7.88. The van der Waals surface area contributed by atoms with E-state index >= 15 is 0 Å². The number of carbonyl (C=O) groups excluding carboxylic acids is 4. The van der Waals surface area contributed by atoms with Crippen LogP contribution in [0.4, 0.5) is 11.4 Å². The molecule has 240 valence electrons. The molecule has 2 bridgehead atoms. The van der Waals surface area contributed by atoms with E-state index in [1.165, 1.54) is 17.0 Å². The number of aryl methyl sites for hydroxylation is 1. The first-order chi connectivity index (χ1) is 23.0. The number of hydrogen-bond acceptors (Lipinski definition) is 8. The second-order valence-corrected chi connectivity index (χ2v) is 14.1. The molecule has 10 nitrogen and oxygen atoms in total. The maximum Gasteiger partial charge on any atom is 0.339 e. The lowest BCUT2D eigenvalue weighted by molar-refractivity contribution is -0.384. The van der Waals surface area contributed by atoms with Crippen molar-refractivity contribution >= 4 is 73.4 Å². The molecule has 1 aliphatic heterocycles. The van der Waals surface area contributed by atoms with Crippen LogP contribution in [0.1, 0.15) is 32.7 Å². The van der Waals surface area contributed by atoms with Gasteiger partial charge in [-0.15, -0.1) is 0 Å². The number of Topliss-reactive ketones (excluding diaryl/α,β-unsaturated/α-hetero) is 1. The monoisotopic (exact) mass is 725 g/mol. The Labute approximate surface area is 287 Å². The molecule has 0 radical (unpaired) electrons. The highest BCUT2D eigenvalue weighted by atomic mass is 79.9. The molecular formula is C36H25BrClN3O7. The average molecular weight is 727 g/mol. The van der Waals surface area contributed by atoms with Crippen LogP contribution in [0, 0.1) is 52.5 Å². The molecule has 2 heterocycles. The van der Waals surface area contributed by atoms with Gasteiger partial charge >= 0.3 is 5.97 Å². The summed E-state index contributed by atoms with van der Waals surface area (Å²) in [5, 5.41) is 11.6. The van der Waals surface area contributed by atoms with Gasteiger partial charge in [-0.25, -0.2) is 9.78 Å². The molecule has 1 aromatic heterocycles. The summed E-state index contributed by atoms with van der Waals surface area (Å²) >= 11 is 9.34. The molecule has 3 aromatic carbocycles. The number of hydrogen-bond donors (Lipinski definition) is 0. The summed E-state index contributed by atoms with van der Waals surface area (Å²) < 4.78 is 6.14. The van der Waals surface area contributed by atoms with Crippen LogP contribution in [-0.2, 0) is 14.3 Å². The largest absolute Gasteiger partial charge is 0.454 e. The van der Waals surface area contributed by atoms with Gasteiger partial charge in [-0.3, -0.25) is 29.4 Å². The highest BCUT2D eigenvalue weighted by molar-refractivity contribution is 9.10. The molecule has 1 saturated heterocycles. The standard InChI is InChI=1S/C36H25BrClN3O7/c1-16-10-19(37)12-25-26(36(45)48-15-30(42)18-4-9-27(38)29(11-18)41(46)47)14-28(39-33(16)25)17-2-5-20(6-3-17)40-34(43)31-21-7-8-22(24-13-23(21)24)32(31)35(40)44/h2-12,14,21-24,31-32H,13,15H2,1H3. The van der Waals surface area contributed by atoms with Crippen LogP contribution in [0.5, 0.6) is 0 Å². The van der Waals surface area contributed by atoms with E-state index in [4.69, 9.17) is 21.3 Å². The highest BCUT2D eigenvalue weighted by Crippen LogP contribution is 2.65. The van der Waals surface area contributed by atoms with E-state index in [1.54, 1.807) is 36.4 Å². The number of amides is 2. The molecule has 0 spiro atoms. The zero-order valence-corrected chi connectivity index (χ0v) is 27.6. The summed E-state index contributed by atoms with van der Waals surface area (Å²) in [6.45, 7) is 1.20. The van der Waals surface area contributed by atoms with Crippen molar-refractivity contribution in [3.05, 3.63) is 109 Å². The van der Waals surface area contributed by atoms with Crippen molar-refractivity contribution in [1.29, 1.82) is 0 Å². The molecule has 3 fully saturated rings. The van der Waals surface area contributed by atoms with Gasteiger partial charge in [-0.1, -0.05) is 51.8 Å². The first-order valence-electron chi connectivity index (χ1n) is 15.4. The number of ketones is 1. The van der Waals surface area contributed by atoms with Crippen LogP contribution < -0.4 is 4.90 Å². The Balaban J connectivity index is 1.08. The van der Waals surface area contributed by atoms with Gasteiger partial charge in [0, 0.05) is 27.1 Å². The molecule has 5 aliphatic rings. The number of anilines is 1. The van der Waals surface area contributed by atoms with Crippen LogP contribution in [0.2, 0.25) is 5.02 Å². The van der Waals surface area contributed by atoms with Gasteiger partial charge in [0.2, 0.25) is 17.6 Å². The zero-order valence-electron chi connectivity index (χ0n) is 25.3. The lowest BCUT2D eigenvalue weighted by atomic mass is 9.63. The van der Waals surface area contributed by atoms with Crippen molar-refractivity contribution in [3.8, 4) is 11.3 Å². The molecule has 6 unspecified atom stereocenters. The second-order valence-electron chi connectivity index (χ2n) is 12.8. The van der Waals surface area contributed by atoms with Gasteiger partial charge in [0.15, 0.2) is 6.61 Å². The maximum absolute atomic E-state index is 13.6. The minimum absolute atomic E-state index is 0.0206. The third kappa shape index (κ3) is 4.78. The Bertz CT molecular complexity index is 2130. The lowest BCUT2D eigenvalue weighted by Crippen LogP contribution is -2.40. The van der Waals surface area contributed by atoms with Crippen molar-refractivity contribution in [2.45, 2.75) is 13.3 Å². The van der Waals surface area contributed by atoms with E-state index in [0.29, 0.717) is 44.2 Å². The number of esters is 1. The van der Waals surface area contributed by atoms with E-state index in [-0.39, 0.29) is 51.6 Å².